The molecule has 0 bridgehead atoms. The predicted octanol–water partition coefficient (Wildman–Crippen LogP) is 3.81. The third kappa shape index (κ3) is 3.21. The van der Waals surface area contributed by atoms with E-state index in [2.05, 4.69) is 31.7 Å². The Morgan fingerprint density at radius 1 is 1.30 bits per heavy atom. The molecule has 1 aromatic carbocycles. The van der Waals surface area contributed by atoms with E-state index in [1.165, 1.54) is 0 Å². The zero-order chi connectivity index (χ0) is 14.8. The first-order chi connectivity index (χ1) is 9.42. The van der Waals surface area contributed by atoms with Gasteiger partial charge in [0.25, 0.3) is 0 Å². The van der Waals surface area contributed by atoms with Crippen LogP contribution in [0.4, 0.5) is 0 Å². The third-order valence-electron chi connectivity index (χ3n) is 3.77. The van der Waals surface area contributed by atoms with Crippen molar-refractivity contribution < 1.29 is 9.84 Å². The van der Waals surface area contributed by atoms with Crippen LogP contribution < -0.4 is 0 Å². The first-order valence-corrected chi connectivity index (χ1v) is 7.30. The van der Waals surface area contributed by atoms with Crippen LogP contribution in [-0.4, -0.2) is 23.4 Å². The smallest absolute Gasteiger partial charge is 0.0934 e. The molecule has 0 aromatic heterocycles. The summed E-state index contributed by atoms with van der Waals surface area (Å²) in [4.78, 5) is 0. The summed E-state index contributed by atoms with van der Waals surface area (Å²) in [5.41, 5.74) is 6.16. The number of hydrogen-bond donors (Lipinski definition) is 1. The normalized spacial score (nSPS) is 21.7. The van der Waals surface area contributed by atoms with Gasteiger partial charge in [-0.1, -0.05) is 44.2 Å². The standard InChI is InChI=1S/C18H24O2/c1-13(2)15(14-8-6-5-7-9-14)12-16-17(19)10-11-20-18(16,3)4/h5-9,13,17,19H,10-11H2,1-4H3. The summed E-state index contributed by atoms with van der Waals surface area (Å²) in [6, 6.07) is 10.3. The molecule has 0 saturated carbocycles. The lowest BCUT2D eigenvalue weighted by Crippen LogP contribution is -2.39. The summed E-state index contributed by atoms with van der Waals surface area (Å²) in [5.74, 6) is 0.342. The Morgan fingerprint density at radius 3 is 2.50 bits per heavy atom. The highest BCUT2D eigenvalue weighted by Crippen LogP contribution is 2.32. The SMILES string of the molecule is CC(C)C(=C=C1C(O)CCOC1(C)C)c1ccccc1. The maximum Gasteiger partial charge on any atom is 0.0934 e. The first kappa shape index (κ1) is 15.1. The molecule has 1 atom stereocenters. The molecule has 1 aliphatic heterocycles. The van der Waals surface area contributed by atoms with Crippen LogP contribution in [0.3, 0.4) is 0 Å². The number of rotatable bonds is 2. The van der Waals surface area contributed by atoms with Crippen molar-refractivity contribution in [2.45, 2.75) is 45.8 Å². The maximum atomic E-state index is 10.3. The highest BCUT2D eigenvalue weighted by Gasteiger charge is 2.33. The Kier molecular flexibility index (Phi) is 4.49. The van der Waals surface area contributed by atoms with E-state index in [-0.39, 0.29) is 0 Å². The number of aliphatic hydroxyl groups is 1. The molecule has 1 N–H and O–H groups in total. The van der Waals surface area contributed by atoms with Crippen LogP contribution in [-0.2, 0) is 4.74 Å². The lowest BCUT2D eigenvalue weighted by Gasteiger charge is -2.35. The second-order valence-corrected chi connectivity index (χ2v) is 6.14. The van der Waals surface area contributed by atoms with Gasteiger partial charge in [-0.25, -0.2) is 0 Å². The Balaban J connectivity index is 2.59. The molecule has 108 valence electrons. The number of hydrogen-bond acceptors (Lipinski definition) is 2. The van der Waals surface area contributed by atoms with Crippen molar-refractivity contribution in [1.29, 1.82) is 0 Å². The average Bonchev–Trinajstić information content (AvgIpc) is 2.38. The second-order valence-electron chi connectivity index (χ2n) is 6.14. The zero-order valence-corrected chi connectivity index (χ0v) is 12.8. The third-order valence-corrected chi connectivity index (χ3v) is 3.77. The molecule has 0 spiro atoms. The van der Waals surface area contributed by atoms with Gasteiger partial charge in [-0.05, 0) is 25.3 Å². The van der Waals surface area contributed by atoms with E-state index < -0.39 is 11.7 Å². The number of ether oxygens (including phenoxy) is 1. The summed E-state index contributed by atoms with van der Waals surface area (Å²) in [5, 5.41) is 10.3. The van der Waals surface area contributed by atoms with Crippen LogP contribution in [0.5, 0.6) is 0 Å². The van der Waals surface area contributed by atoms with Crippen molar-refractivity contribution in [1.82, 2.24) is 0 Å². The largest absolute Gasteiger partial charge is 0.388 e. The van der Waals surface area contributed by atoms with E-state index in [9.17, 15) is 5.11 Å². The molecular formula is C18H24O2. The number of aliphatic hydroxyl groups excluding tert-OH is 1. The molecule has 2 rings (SSSR count). The van der Waals surface area contributed by atoms with Gasteiger partial charge in [0.2, 0.25) is 0 Å². The Labute approximate surface area is 121 Å². The lowest BCUT2D eigenvalue weighted by atomic mass is 9.86. The monoisotopic (exact) mass is 272 g/mol. The van der Waals surface area contributed by atoms with Crippen LogP contribution in [0, 0.1) is 5.92 Å². The molecule has 0 aliphatic carbocycles. The zero-order valence-electron chi connectivity index (χ0n) is 12.8. The molecule has 1 aromatic rings. The molecule has 2 heteroatoms. The fraction of sp³-hybridized carbons (Fsp3) is 0.500. The van der Waals surface area contributed by atoms with E-state index in [1.807, 2.05) is 32.0 Å². The minimum absolute atomic E-state index is 0.342. The van der Waals surface area contributed by atoms with Crippen molar-refractivity contribution in [3.63, 3.8) is 0 Å². The van der Waals surface area contributed by atoms with Gasteiger partial charge >= 0.3 is 0 Å². The van der Waals surface area contributed by atoms with Gasteiger partial charge in [0.1, 0.15) is 0 Å². The van der Waals surface area contributed by atoms with Gasteiger partial charge in [-0.15, -0.1) is 5.73 Å². The van der Waals surface area contributed by atoms with E-state index >= 15 is 0 Å². The number of benzene rings is 1. The second kappa shape index (κ2) is 5.97. The lowest BCUT2D eigenvalue weighted by molar-refractivity contribution is -0.0484. The van der Waals surface area contributed by atoms with Gasteiger partial charge in [0.05, 0.1) is 18.3 Å². The topological polar surface area (TPSA) is 29.5 Å². The van der Waals surface area contributed by atoms with Gasteiger partial charge in [0, 0.05) is 17.6 Å². The van der Waals surface area contributed by atoms with E-state index in [0.717, 1.165) is 16.7 Å². The molecule has 1 aliphatic rings. The van der Waals surface area contributed by atoms with E-state index in [0.29, 0.717) is 18.9 Å². The molecule has 0 radical (unpaired) electrons. The van der Waals surface area contributed by atoms with Gasteiger partial charge in [0.15, 0.2) is 0 Å². The van der Waals surface area contributed by atoms with Gasteiger partial charge < -0.3 is 9.84 Å². The van der Waals surface area contributed by atoms with Crippen LogP contribution in [0.2, 0.25) is 0 Å². The molecule has 1 unspecified atom stereocenters. The van der Waals surface area contributed by atoms with E-state index in [4.69, 9.17) is 4.74 Å². The van der Waals surface area contributed by atoms with Crippen LogP contribution in [0.1, 0.15) is 39.7 Å². The Bertz CT molecular complexity index is 520. The molecule has 20 heavy (non-hydrogen) atoms. The Hall–Kier alpha value is -1.34. The van der Waals surface area contributed by atoms with Crippen molar-refractivity contribution in [3.8, 4) is 0 Å². The molecule has 2 nitrogen and oxygen atoms in total. The summed E-state index contributed by atoms with van der Waals surface area (Å²) in [6.45, 7) is 8.90. The van der Waals surface area contributed by atoms with Crippen molar-refractivity contribution in [2.75, 3.05) is 6.61 Å². The fourth-order valence-electron chi connectivity index (χ4n) is 2.60. The first-order valence-electron chi connectivity index (χ1n) is 7.30. The Morgan fingerprint density at radius 2 is 1.95 bits per heavy atom. The minimum Gasteiger partial charge on any atom is -0.388 e. The quantitative estimate of drug-likeness (QED) is 0.830. The van der Waals surface area contributed by atoms with Gasteiger partial charge in [-0.2, -0.15) is 0 Å². The average molecular weight is 272 g/mol. The highest BCUT2D eigenvalue weighted by atomic mass is 16.5. The van der Waals surface area contributed by atoms with E-state index in [1.54, 1.807) is 0 Å². The van der Waals surface area contributed by atoms with Crippen LogP contribution in [0.15, 0.2) is 41.6 Å². The maximum absolute atomic E-state index is 10.3. The summed E-state index contributed by atoms with van der Waals surface area (Å²) >= 11 is 0. The molecule has 1 fully saturated rings. The summed E-state index contributed by atoms with van der Waals surface area (Å²) < 4.78 is 5.79. The van der Waals surface area contributed by atoms with Crippen LogP contribution >= 0.6 is 0 Å². The molecular weight excluding hydrogens is 248 g/mol. The van der Waals surface area contributed by atoms with Gasteiger partial charge in [-0.3, -0.25) is 0 Å². The molecule has 1 saturated heterocycles. The highest BCUT2D eigenvalue weighted by molar-refractivity contribution is 5.67. The molecule has 1 heterocycles. The van der Waals surface area contributed by atoms with Crippen LogP contribution in [0.25, 0.3) is 5.57 Å². The molecule has 0 amide bonds. The van der Waals surface area contributed by atoms with Crippen molar-refractivity contribution in [3.05, 3.63) is 47.2 Å². The fourth-order valence-corrected chi connectivity index (χ4v) is 2.60. The predicted molar refractivity (Wildman–Crippen MR) is 82.4 cm³/mol. The summed E-state index contributed by atoms with van der Waals surface area (Å²) in [7, 11) is 0. The summed E-state index contributed by atoms with van der Waals surface area (Å²) in [6.07, 6.45) is 0.183. The van der Waals surface area contributed by atoms with Crippen molar-refractivity contribution in [2.24, 2.45) is 5.92 Å². The van der Waals surface area contributed by atoms with Crippen molar-refractivity contribution >= 4 is 5.57 Å². The minimum atomic E-state index is -0.462.